The fourth-order valence-electron chi connectivity index (χ4n) is 0.900. The summed E-state index contributed by atoms with van der Waals surface area (Å²) in [4.78, 5) is 10.2. The molecule has 0 aromatic carbocycles. The highest BCUT2D eigenvalue weighted by molar-refractivity contribution is 5.89. The van der Waals surface area contributed by atoms with Crippen LogP contribution in [0.5, 0.6) is 0 Å². The molecular formula is C9H16FNO. The molecule has 0 unspecified atom stereocenters. The molecule has 2 N–H and O–H groups in total. The number of rotatable bonds is 6. The smallest absolute Gasteiger partial charge is 0.277 e. The van der Waals surface area contributed by atoms with E-state index in [0.717, 1.165) is 25.7 Å². The summed E-state index contributed by atoms with van der Waals surface area (Å²) < 4.78 is 12.4. The lowest BCUT2D eigenvalue weighted by molar-refractivity contribution is -0.115. The van der Waals surface area contributed by atoms with E-state index in [4.69, 9.17) is 5.73 Å². The van der Waals surface area contributed by atoms with Crippen LogP contribution in [0.15, 0.2) is 11.9 Å². The van der Waals surface area contributed by atoms with E-state index in [9.17, 15) is 9.18 Å². The van der Waals surface area contributed by atoms with Gasteiger partial charge in [0.05, 0.1) is 0 Å². The Morgan fingerprint density at radius 1 is 1.42 bits per heavy atom. The Balaban J connectivity index is 3.40. The van der Waals surface area contributed by atoms with E-state index in [-0.39, 0.29) is 0 Å². The Kier molecular flexibility index (Phi) is 6.34. The van der Waals surface area contributed by atoms with Crippen LogP contribution in [0.3, 0.4) is 0 Å². The molecule has 0 radical (unpaired) electrons. The predicted octanol–water partition coefficient (Wildman–Crippen LogP) is 2.30. The molecule has 0 aliphatic carbocycles. The second kappa shape index (κ2) is 6.83. The van der Waals surface area contributed by atoms with Crippen molar-refractivity contribution in [3.63, 3.8) is 0 Å². The first kappa shape index (κ1) is 11.1. The van der Waals surface area contributed by atoms with Gasteiger partial charge in [0, 0.05) is 0 Å². The van der Waals surface area contributed by atoms with Crippen molar-refractivity contribution in [3.8, 4) is 0 Å². The molecule has 0 heterocycles. The molecule has 0 aliphatic heterocycles. The maximum absolute atomic E-state index is 12.4. The van der Waals surface area contributed by atoms with E-state index >= 15 is 0 Å². The van der Waals surface area contributed by atoms with Crippen molar-refractivity contribution >= 4 is 5.91 Å². The number of allylic oxidation sites excluding steroid dienone is 1. The summed E-state index contributed by atoms with van der Waals surface area (Å²) in [5.74, 6) is -1.78. The molecule has 0 atom stereocenters. The maximum Gasteiger partial charge on any atom is 0.277 e. The largest absolute Gasteiger partial charge is 0.364 e. The molecule has 1 amide bonds. The predicted molar refractivity (Wildman–Crippen MR) is 47.1 cm³/mol. The van der Waals surface area contributed by atoms with Crippen LogP contribution in [-0.4, -0.2) is 5.91 Å². The van der Waals surface area contributed by atoms with Crippen molar-refractivity contribution in [2.24, 2.45) is 5.73 Å². The molecule has 2 nitrogen and oxygen atoms in total. The van der Waals surface area contributed by atoms with Crippen LogP contribution < -0.4 is 5.73 Å². The molecule has 3 heteroatoms. The normalized spacial score (nSPS) is 11.7. The molecule has 0 aliphatic rings. The minimum absolute atomic E-state index is 0.606. The second-order valence-electron chi connectivity index (χ2n) is 2.77. The molecule has 0 rings (SSSR count). The van der Waals surface area contributed by atoms with Gasteiger partial charge in [0.25, 0.3) is 5.91 Å². The first-order chi connectivity index (χ1) is 5.68. The van der Waals surface area contributed by atoms with Crippen LogP contribution in [0.25, 0.3) is 0 Å². The van der Waals surface area contributed by atoms with Gasteiger partial charge in [0.2, 0.25) is 0 Å². The first-order valence-corrected chi connectivity index (χ1v) is 4.34. The Bertz CT molecular complexity index is 166. The highest BCUT2D eigenvalue weighted by Crippen LogP contribution is 2.05. The van der Waals surface area contributed by atoms with Crippen molar-refractivity contribution in [2.45, 2.75) is 39.0 Å². The van der Waals surface area contributed by atoms with E-state index in [1.165, 1.54) is 6.08 Å². The van der Waals surface area contributed by atoms with E-state index in [0.29, 0.717) is 6.42 Å². The molecule has 0 bridgehead atoms. The molecule has 0 aromatic rings. The number of nitrogens with two attached hydrogens (primary N) is 1. The van der Waals surface area contributed by atoms with E-state index in [2.05, 4.69) is 6.92 Å². The topological polar surface area (TPSA) is 43.1 Å². The summed E-state index contributed by atoms with van der Waals surface area (Å²) in [5, 5.41) is 0. The number of hydrogen-bond donors (Lipinski definition) is 1. The average molecular weight is 173 g/mol. The number of halogens is 1. The Labute approximate surface area is 72.6 Å². The number of carbonyl (C=O) groups excluding carboxylic acids is 1. The Morgan fingerprint density at radius 3 is 2.58 bits per heavy atom. The van der Waals surface area contributed by atoms with Crippen LogP contribution >= 0.6 is 0 Å². The lowest BCUT2D eigenvalue weighted by Crippen LogP contribution is -2.10. The quantitative estimate of drug-likeness (QED) is 0.486. The number of unbranched alkanes of at least 4 members (excludes halogenated alkanes) is 4. The van der Waals surface area contributed by atoms with Crippen LogP contribution in [0, 0.1) is 0 Å². The zero-order chi connectivity index (χ0) is 9.40. The van der Waals surface area contributed by atoms with Gasteiger partial charge in [-0.2, -0.15) is 0 Å². The van der Waals surface area contributed by atoms with Crippen LogP contribution in [0.2, 0.25) is 0 Å². The highest BCUT2D eigenvalue weighted by atomic mass is 19.1. The van der Waals surface area contributed by atoms with Crippen molar-refractivity contribution in [3.05, 3.63) is 11.9 Å². The fraction of sp³-hybridized carbons (Fsp3) is 0.667. The van der Waals surface area contributed by atoms with Gasteiger partial charge in [-0.25, -0.2) is 4.39 Å². The van der Waals surface area contributed by atoms with Crippen LogP contribution in [-0.2, 0) is 4.79 Å². The maximum atomic E-state index is 12.4. The van der Waals surface area contributed by atoms with E-state index in [1.54, 1.807) is 0 Å². The first-order valence-electron chi connectivity index (χ1n) is 4.34. The lowest BCUT2D eigenvalue weighted by Gasteiger charge is -1.94. The SMILES string of the molecule is CCCCCC/C=C(/F)C(N)=O. The summed E-state index contributed by atoms with van der Waals surface area (Å²) >= 11 is 0. The Hall–Kier alpha value is -0.860. The zero-order valence-corrected chi connectivity index (χ0v) is 7.48. The average Bonchev–Trinajstić information content (AvgIpc) is 2.03. The van der Waals surface area contributed by atoms with Gasteiger partial charge in [-0.05, 0) is 18.9 Å². The molecule has 0 saturated heterocycles. The third-order valence-electron chi connectivity index (χ3n) is 1.62. The van der Waals surface area contributed by atoms with Gasteiger partial charge in [-0.15, -0.1) is 0 Å². The standard InChI is InChI=1S/C9H16FNO/c1-2-3-4-5-6-7-8(10)9(11)12/h7H,2-6H2,1H3,(H2,11,12)/b8-7+. The molecular weight excluding hydrogens is 157 g/mol. The summed E-state index contributed by atoms with van der Waals surface area (Å²) in [6.45, 7) is 2.11. The molecule has 0 saturated carbocycles. The van der Waals surface area contributed by atoms with Gasteiger partial charge in [-0.1, -0.05) is 26.2 Å². The van der Waals surface area contributed by atoms with E-state index in [1.807, 2.05) is 0 Å². The second-order valence-corrected chi connectivity index (χ2v) is 2.77. The number of hydrogen-bond acceptors (Lipinski definition) is 1. The number of primary amides is 1. The third-order valence-corrected chi connectivity index (χ3v) is 1.62. The number of amides is 1. The lowest BCUT2D eigenvalue weighted by atomic mass is 10.1. The summed E-state index contributed by atoms with van der Waals surface area (Å²) in [7, 11) is 0. The van der Waals surface area contributed by atoms with E-state index < -0.39 is 11.7 Å². The van der Waals surface area contributed by atoms with Crippen LogP contribution in [0.4, 0.5) is 4.39 Å². The zero-order valence-electron chi connectivity index (χ0n) is 7.48. The minimum Gasteiger partial charge on any atom is -0.364 e. The van der Waals surface area contributed by atoms with Gasteiger partial charge < -0.3 is 5.73 Å². The molecule has 12 heavy (non-hydrogen) atoms. The van der Waals surface area contributed by atoms with Crippen molar-refractivity contribution < 1.29 is 9.18 Å². The third kappa shape index (κ3) is 5.89. The number of carbonyl (C=O) groups is 1. The minimum atomic E-state index is -0.967. The molecule has 0 fully saturated rings. The van der Waals surface area contributed by atoms with Crippen molar-refractivity contribution in [2.75, 3.05) is 0 Å². The molecule has 70 valence electrons. The van der Waals surface area contributed by atoms with Crippen LogP contribution in [0.1, 0.15) is 39.0 Å². The monoisotopic (exact) mass is 173 g/mol. The molecule has 0 spiro atoms. The molecule has 0 aromatic heterocycles. The summed E-state index contributed by atoms with van der Waals surface area (Å²) in [6.07, 6.45) is 6.19. The van der Waals surface area contributed by atoms with Crippen molar-refractivity contribution in [1.82, 2.24) is 0 Å². The Morgan fingerprint density at radius 2 is 2.08 bits per heavy atom. The van der Waals surface area contributed by atoms with Gasteiger partial charge >= 0.3 is 0 Å². The highest BCUT2D eigenvalue weighted by Gasteiger charge is 1.99. The summed E-state index contributed by atoms with van der Waals surface area (Å²) in [6, 6.07) is 0. The van der Waals surface area contributed by atoms with Crippen molar-refractivity contribution in [1.29, 1.82) is 0 Å². The summed E-state index contributed by atoms with van der Waals surface area (Å²) in [5.41, 5.74) is 4.69. The van der Waals surface area contributed by atoms with Gasteiger partial charge in [0.1, 0.15) is 0 Å². The fourth-order valence-corrected chi connectivity index (χ4v) is 0.900. The van der Waals surface area contributed by atoms with Gasteiger partial charge in [-0.3, -0.25) is 4.79 Å². The van der Waals surface area contributed by atoms with Gasteiger partial charge in [0.15, 0.2) is 5.83 Å².